The topological polar surface area (TPSA) is 71.6 Å². The van der Waals surface area contributed by atoms with Gasteiger partial charge in [0, 0.05) is 17.8 Å². The third-order valence-corrected chi connectivity index (χ3v) is 4.34. The van der Waals surface area contributed by atoms with E-state index in [1.165, 1.54) is 11.1 Å². The fourth-order valence-electron chi connectivity index (χ4n) is 2.95. The molecule has 0 radical (unpaired) electrons. The van der Waals surface area contributed by atoms with E-state index in [1.54, 1.807) is 12.1 Å². The quantitative estimate of drug-likeness (QED) is 0.807. The minimum absolute atomic E-state index is 0.0732. The average molecular weight is 325 g/mol. The normalized spacial score (nSPS) is 21.7. The lowest BCUT2D eigenvalue weighted by molar-refractivity contribution is -0.117. The predicted octanol–water partition coefficient (Wildman–Crippen LogP) is 2.27. The van der Waals surface area contributed by atoms with Gasteiger partial charge in [-0.2, -0.15) is 0 Å². The second kappa shape index (κ2) is 6.14. The van der Waals surface area contributed by atoms with Crippen LogP contribution in [0.4, 0.5) is 5.69 Å². The van der Waals surface area contributed by atoms with Gasteiger partial charge in [-0.15, -0.1) is 0 Å². The van der Waals surface area contributed by atoms with Gasteiger partial charge in [0.05, 0.1) is 0 Å². The van der Waals surface area contributed by atoms with Crippen molar-refractivity contribution >= 4 is 11.6 Å². The SMILES string of the molecule is Cc1ccc(C2CC(C(=O)Nc3ccc4c(c3)OCO4)NN2)cc1. The van der Waals surface area contributed by atoms with E-state index < -0.39 is 0 Å². The monoisotopic (exact) mass is 325 g/mol. The molecule has 24 heavy (non-hydrogen) atoms. The second-order valence-corrected chi connectivity index (χ2v) is 6.10. The third-order valence-electron chi connectivity index (χ3n) is 4.34. The number of fused-ring (bicyclic) bond motifs is 1. The smallest absolute Gasteiger partial charge is 0.242 e. The van der Waals surface area contributed by atoms with Gasteiger partial charge in [0.2, 0.25) is 12.7 Å². The molecule has 3 N–H and O–H groups in total. The minimum atomic E-state index is -0.290. The number of carbonyl (C=O) groups is 1. The molecule has 2 aliphatic rings. The Morgan fingerprint density at radius 2 is 1.88 bits per heavy atom. The maximum absolute atomic E-state index is 12.5. The van der Waals surface area contributed by atoms with Gasteiger partial charge < -0.3 is 14.8 Å². The molecule has 1 fully saturated rings. The van der Waals surface area contributed by atoms with Gasteiger partial charge in [-0.3, -0.25) is 4.79 Å². The Labute approximate surface area is 140 Å². The molecule has 6 heteroatoms. The third kappa shape index (κ3) is 2.93. The van der Waals surface area contributed by atoms with Gasteiger partial charge in [0.15, 0.2) is 11.5 Å². The van der Waals surface area contributed by atoms with Gasteiger partial charge in [0.25, 0.3) is 0 Å². The highest BCUT2D eigenvalue weighted by molar-refractivity contribution is 5.95. The Bertz CT molecular complexity index is 761. The number of anilines is 1. The number of hydrazine groups is 1. The van der Waals surface area contributed by atoms with Crippen molar-refractivity contribution in [3.05, 3.63) is 53.6 Å². The van der Waals surface area contributed by atoms with Crippen molar-refractivity contribution in [2.45, 2.75) is 25.4 Å². The maximum atomic E-state index is 12.5. The lowest BCUT2D eigenvalue weighted by Crippen LogP contribution is -2.39. The number of hydrogen-bond acceptors (Lipinski definition) is 5. The highest BCUT2D eigenvalue weighted by Crippen LogP contribution is 2.34. The lowest BCUT2D eigenvalue weighted by Gasteiger charge is -2.11. The van der Waals surface area contributed by atoms with Crippen LogP contribution in [-0.4, -0.2) is 18.7 Å². The molecule has 0 bridgehead atoms. The van der Waals surface area contributed by atoms with Crippen LogP contribution in [0.15, 0.2) is 42.5 Å². The van der Waals surface area contributed by atoms with E-state index in [0.29, 0.717) is 23.6 Å². The number of ether oxygens (including phenoxy) is 2. The number of rotatable bonds is 3. The van der Waals surface area contributed by atoms with E-state index in [1.807, 2.05) is 6.07 Å². The molecule has 6 nitrogen and oxygen atoms in total. The zero-order valence-electron chi connectivity index (χ0n) is 13.3. The first-order chi connectivity index (χ1) is 11.7. The molecule has 0 aliphatic carbocycles. The van der Waals surface area contributed by atoms with E-state index in [0.717, 1.165) is 0 Å². The molecular weight excluding hydrogens is 306 g/mol. The molecular formula is C18H19N3O3. The van der Waals surface area contributed by atoms with Crippen LogP contribution in [0, 0.1) is 6.92 Å². The summed E-state index contributed by atoms with van der Waals surface area (Å²) in [7, 11) is 0. The summed E-state index contributed by atoms with van der Waals surface area (Å²) in [6.45, 7) is 2.28. The van der Waals surface area contributed by atoms with Crippen molar-refractivity contribution in [3.8, 4) is 11.5 Å². The molecule has 2 aliphatic heterocycles. The van der Waals surface area contributed by atoms with Crippen molar-refractivity contribution in [3.63, 3.8) is 0 Å². The predicted molar refractivity (Wildman–Crippen MR) is 89.8 cm³/mol. The maximum Gasteiger partial charge on any atom is 0.242 e. The van der Waals surface area contributed by atoms with Crippen molar-refractivity contribution < 1.29 is 14.3 Å². The Morgan fingerprint density at radius 1 is 1.08 bits per heavy atom. The number of amides is 1. The van der Waals surface area contributed by atoms with Gasteiger partial charge in [-0.05, 0) is 31.0 Å². The average Bonchev–Trinajstić information content (AvgIpc) is 3.24. The molecule has 0 spiro atoms. The van der Waals surface area contributed by atoms with Crippen molar-refractivity contribution in [1.29, 1.82) is 0 Å². The van der Waals surface area contributed by atoms with Crippen LogP contribution in [0.1, 0.15) is 23.6 Å². The number of hydrogen-bond donors (Lipinski definition) is 3. The highest BCUT2D eigenvalue weighted by atomic mass is 16.7. The van der Waals surface area contributed by atoms with E-state index in [4.69, 9.17) is 9.47 Å². The second-order valence-electron chi connectivity index (χ2n) is 6.10. The van der Waals surface area contributed by atoms with Gasteiger partial charge in [-0.25, -0.2) is 10.9 Å². The Balaban J connectivity index is 1.39. The Kier molecular flexibility index (Phi) is 3.84. The first-order valence-corrected chi connectivity index (χ1v) is 7.97. The summed E-state index contributed by atoms with van der Waals surface area (Å²) in [4.78, 5) is 12.5. The molecule has 2 atom stereocenters. The standard InChI is InChI=1S/C18H19N3O3/c1-11-2-4-12(5-3-11)14-9-15(21-20-14)18(22)19-13-6-7-16-17(8-13)24-10-23-16/h2-8,14-15,20-21H,9-10H2,1H3,(H,19,22). The van der Waals surface area contributed by atoms with Gasteiger partial charge in [-0.1, -0.05) is 29.8 Å². The fourth-order valence-corrected chi connectivity index (χ4v) is 2.95. The summed E-state index contributed by atoms with van der Waals surface area (Å²) in [5.41, 5.74) is 9.36. The van der Waals surface area contributed by atoms with Crippen LogP contribution in [0.2, 0.25) is 0 Å². The Hall–Kier alpha value is -2.57. The summed E-state index contributed by atoms with van der Waals surface area (Å²) in [6, 6.07) is 13.6. The Morgan fingerprint density at radius 3 is 2.71 bits per heavy atom. The molecule has 0 saturated carbocycles. The first-order valence-electron chi connectivity index (χ1n) is 7.97. The molecule has 124 valence electrons. The van der Waals surface area contributed by atoms with Crippen molar-refractivity contribution in [2.75, 3.05) is 12.1 Å². The number of aryl methyl sites for hydroxylation is 1. The van der Waals surface area contributed by atoms with Crippen LogP contribution >= 0.6 is 0 Å². The first kappa shape index (κ1) is 15.0. The van der Waals surface area contributed by atoms with Crippen LogP contribution in [-0.2, 0) is 4.79 Å². The fraction of sp³-hybridized carbons (Fsp3) is 0.278. The molecule has 2 unspecified atom stereocenters. The van der Waals surface area contributed by atoms with E-state index in [9.17, 15) is 4.79 Å². The van der Waals surface area contributed by atoms with Crippen molar-refractivity contribution in [2.24, 2.45) is 0 Å². The van der Waals surface area contributed by atoms with Crippen LogP contribution in [0.3, 0.4) is 0 Å². The largest absolute Gasteiger partial charge is 0.454 e. The minimum Gasteiger partial charge on any atom is -0.454 e. The molecule has 1 amide bonds. The van der Waals surface area contributed by atoms with Crippen LogP contribution in [0.5, 0.6) is 11.5 Å². The summed E-state index contributed by atoms with van der Waals surface area (Å²) in [5.74, 6) is 1.28. The molecule has 2 aromatic rings. The number of nitrogens with one attached hydrogen (secondary N) is 3. The molecule has 2 heterocycles. The van der Waals surface area contributed by atoms with Gasteiger partial charge >= 0.3 is 0 Å². The van der Waals surface area contributed by atoms with Crippen molar-refractivity contribution in [1.82, 2.24) is 10.9 Å². The molecule has 0 aromatic heterocycles. The van der Waals surface area contributed by atoms with E-state index in [-0.39, 0.29) is 24.8 Å². The summed E-state index contributed by atoms with van der Waals surface area (Å²) in [5, 5.41) is 2.92. The summed E-state index contributed by atoms with van der Waals surface area (Å²) < 4.78 is 10.6. The highest BCUT2D eigenvalue weighted by Gasteiger charge is 2.30. The van der Waals surface area contributed by atoms with E-state index >= 15 is 0 Å². The molecule has 1 saturated heterocycles. The zero-order chi connectivity index (χ0) is 16.5. The lowest BCUT2D eigenvalue weighted by atomic mass is 10.0. The van der Waals surface area contributed by atoms with E-state index in [2.05, 4.69) is 47.4 Å². The number of carbonyl (C=O) groups excluding carboxylic acids is 1. The van der Waals surface area contributed by atoms with Crippen LogP contribution < -0.4 is 25.6 Å². The molecule has 2 aromatic carbocycles. The summed E-state index contributed by atoms with van der Waals surface area (Å²) in [6.07, 6.45) is 0.694. The van der Waals surface area contributed by atoms with Crippen LogP contribution in [0.25, 0.3) is 0 Å². The number of benzene rings is 2. The van der Waals surface area contributed by atoms with Gasteiger partial charge in [0.1, 0.15) is 6.04 Å². The molecule has 4 rings (SSSR count). The zero-order valence-corrected chi connectivity index (χ0v) is 13.3. The summed E-state index contributed by atoms with van der Waals surface area (Å²) >= 11 is 0.